The van der Waals surface area contributed by atoms with Crippen molar-refractivity contribution in [2.45, 2.75) is 78.1 Å². The summed E-state index contributed by atoms with van der Waals surface area (Å²) in [5.41, 5.74) is 23.8. The molecular formula is C60H54BN2. The molecule has 0 fully saturated rings. The average molecular weight is 814 g/mol. The topological polar surface area (TPSA) is 17.0 Å². The van der Waals surface area contributed by atoms with Crippen LogP contribution in [0.4, 0.5) is 11.4 Å². The van der Waals surface area contributed by atoms with E-state index < -0.39 is 0 Å². The molecule has 2 nitrogen and oxygen atoms in total. The number of fused-ring (bicyclic) bond motifs is 8. The van der Waals surface area contributed by atoms with Gasteiger partial charge in [-0.3, -0.25) is 0 Å². The van der Waals surface area contributed by atoms with E-state index in [4.69, 9.17) is 0 Å². The van der Waals surface area contributed by atoms with Crippen LogP contribution in [0.2, 0.25) is 0 Å². The third-order valence-corrected chi connectivity index (χ3v) is 14.0. The summed E-state index contributed by atoms with van der Waals surface area (Å²) in [6, 6.07) is 61.7. The molecule has 1 radical (unpaired) electrons. The molecule has 0 atom stereocenters. The highest BCUT2D eigenvalue weighted by molar-refractivity contribution is 6.73. The second kappa shape index (κ2) is 15.1. The van der Waals surface area contributed by atoms with Crippen LogP contribution in [-0.4, -0.2) is 11.8 Å². The van der Waals surface area contributed by atoms with Gasteiger partial charge in [-0.1, -0.05) is 181 Å². The third-order valence-electron chi connectivity index (χ3n) is 14.0. The number of nitrogens with one attached hydrogen (secondary N) is 1. The Bertz CT molecular complexity index is 3230. The molecule has 11 rings (SSSR count). The van der Waals surface area contributed by atoms with E-state index in [1.165, 1.54) is 124 Å². The standard InChI is InChI=1S/C60H54BN2/c1-7-8-10-19-38-28-31-41(32-29-38)62-53-27-18-16-25-45(53)48-35-47(43-23-14-13-22-42(43)39-20-11-9-12-21-39)56-49-34-40(59(2,3)4)30-33-54(49)63-55-36-46-44-24-15-17-26-50(44)60(5,6)51(46)37-52(55)61-57(48)58(56)63/h9,11-18,20-37,62H,7-8,10,19H2,1-6H3. The van der Waals surface area contributed by atoms with Crippen LogP contribution in [-0.2, 0) is 17.3 Å². The summed E-state index contributed by atoms with van der Waals surface area (Å²) in [7, 11) is 2.50. The zero-order valence-electron chi connectivity index (χ0n) is 37.4. The quantitative estimate of drug-likeness (QED) is 0.113. The van der Waals surface area contributed by atoms with Gasteiger partial charge in [-0.2, -0.15) is 0 Å². The van der Waals surface area contributed by atoms with Crippen LogP contribution in [0.15, 0.2) is 164 Å². The minimum absolute atomic E-state index is 0.0217. The highest BCUT2D eigenvalue weighted by Crippen LogP contribution is 2.51. The maximum atomic E-state index is 3.90. The normalized spacial score (nSPS) is 13.4. The number of aromatic nitrogens is 1. The van der Waals surface area contributed by atoms with Crippen molar-refractivity contribution in [3.8, 4) is 50.2 Å². The van der Waals surface area contributed by atoms with Crippen molar-refractivity contribution in [2.75, 3.05) is 5.32 Å². The van der Waals surface area contributed by atoms with Gasteiger partial charge in [0.15, 0.2) is 7.28 Å². The number of rotatable bonds is 9. The van der Waals surface area contributed by atoms with Gasteiger partial charge < -0.3 is 9.88 Å². The fourth-order valence-electron chi connectivity index (χ4n) is 10.7. The molecule has 2 heterocycles. The lowest BCUT2D eigenvalue weighted by Gasteiger charge is -2.28. The minimum atomic E-state index is -0.110. The molecule has 1 aliphatic heterocycles. The van der Waals surface area contributed by atoms with Crippen LogP contribution in [0.1, 0.15) is 83.1 Å². The largest absolute Gasteiger partial charge is 0.355 e. The molecule has 307 valence electrons. The summed E-state index contributed by atoms with van der Waals surface area (Å²) in [4.78, 5) is 0. The van der Waals surface area contributed by atoms with Gasteiger partial charge in [0.25, 0.3) is 0 Å². The average Bonchev–Trinajstić information content (AvgIpc) is 3.76. The number of aryl methyl sites for hydroxylation is 1. The molecule has 0 saturated heterocycles. The third kappa shape index (κ3) is 6.47. The molecule has 8 aromatic carbocycles. The molecule has 0 amide bonds. The molecule has 0 bridgehead atoms. The molecule has 0 saturated carbocycles. The molecule has 1 aliphatic carbocycles. The number of nitrogens with zero attached hydrogens (tertiary/aromatic N) is 1. The number of hydrogen-bond acceptors (Lipinski definition) is 1. The van der Waals surface area contributed by atoms with Crippen molar-refractivity contribution >= 4 is 51.4 Å². The summed E-state index contributed by atoms with van der Waals surface area (Å²) in [6.45, 7) is 14.0. The van der Waals surface area contributed by atoms with Gasteiger partial charge in [-0.05, 0) is 127 Å². The molecule has 9 aromatic rings. The van der Waals surface area contributed by atoms with Crippen LogP contribution in [0.25, 0.3) is 72.0 Å². The van der Waals surface area contributed by atoms with Gasteiger partial charge in [0, 0.05) is 44.3 Å². The molecule has 3 heteroatoms. The summed E-state index contributed by atoms with van der Waals surface area (Å²) >= 11 is 0. The van der Waals surface area contributed by atoms with Crippen molar-refractivity contribution in [1.29, 1.82) is 0 Å². The van der Waals surface area contributed by atoms with Crippen LogP contribution >= 0.6 is 0 Å². The van der Waals surface area contributed by atoms with E-state index in [-0.39, 0.29) is 10.8 Å². The Morgan fingerprint density at radius 1 is 0.587 bits per heavy atom. The second-order valence-electron chi connectivity index (χ2n) is 19.4. The van der Waals surface area contributed by atoms with Crippen LogP contribution < -0.4 is 16.2 Å². The maximum absolute atomic E-state index is 3.90. The number of hydrogen-bond donors (Lipinski definition) is 1. The molecule has 1 N–H and O–H groups in total. The summed E-state index contributed by atoms with van der Waals surface area (Å²) in [6.07, 6.45) is 4.86. The predicted molar refractivity (Wildman–Crippen MR) is 271 cm³/mol. The van der Waals surface area contributed by atoms with E-state index in [1.807, 2.05) is 0 Å². The number of benzene rings is 8. The van der Waals surface area contributed by atoms with E-state index in [2.05, 4.69) is 222 Å². The Morgan fingerprint density at radius 2 is 1.29 bits per heavy atom. The summed E-state index contributed by atoms with van der Waals surface area (Å²) in [5.74, 6) is 0. The fraction of sp³-hybridized carbons (Fsp3) is 0.200. The zero-order chi connectivity index (χ0) is 43.0. The Hall–Kier alpha value is -6.58. The highest BCUT2D eigenvalue weighted by Gasteiger charge is 2.38. The van der Waals surface area contributed by atoms with Crippen LogP contribution in [0.5, 0.6) is 0 Å². The fourth-order valence-corrected chi connectivity index (χ4v) is 10.7. The predicted octanol–water partition coefficient (Wildman–Crippen LogP) is 14.8. The first-order valence-corrected chi connectivity index (χ1v) is 23.0. The highest BCUT2D eigenvalue weighted by atomic mass is 15.0. The minimum Gasteiger partial charge on any atom is -0.355 e. The Labute approximate surface area is 373 Å². The van der Waals surface area contributed by atoms with Crippen molar-refractivity contribution in [2.24, 2.45) is 0 Å². The van der Waals surface area contributed by atoms with Crippen LogP contribution in [0, 0.1) is 0 Å². The molecule has 1 aromatic heterocycles. The van der Waals surface area contributed by atoms with E-state index in [9.17, 15) is 0 Å². The Morgan fingerprint density at radius 3 is 2.05 bits per heavy atom. The lowest BCUT2D eigenvalue weighted by atomic mass is 9.58. The van der Waals surface area contributed by atoms with Crippen LogP contribution in [0.3, 0.4) is 0 Å². The Balaban J connectivity index is 1.22. The number of unbranched alkanes of at least 4 members (excludes halogenated alkanes) is 2. The lowest BCUT2D eigenvalue weighted by Crippen LogP contribution is -2.38. The number of para-hydroxylation sites is 1. The molecular weight excluding hydrogens is 759 g/mol. The molecule has 63 heavy (non-hydrogen) atoms. The maximum Gasteiger partial charge on any atom is 0.197 e. The number of anilines is 2. The summed E-state index contributed by atoms with van der Waals surface area (Å²) < 4.78 is 2.61. The van der Waals surface area contributed by atoms with Gasteiger partial charge in [0.05, 0.1) is 5.52 Å². The van der Waals surface area contributed by atoms with Crippen molar-refractivity contribution in [1.82, 2.24) is 4.57 Å². The van der Waals surface area contributed by atoms with E-state index in [1.54, 1.807) is 0 Å². The second-order valence-corrected chi connectivity index (χ2v) is 19.4. The van der Waals surface area contributed by atoms with E-state index in [0.717, 1.165) is 17.8 Å². The molecule has 0 spiro atoms. The lowest BCUT2D eigenvalue weighted by molar-refractivity contribution is 0.591. The monoisotopic (exact) mass is 813 g/mol. The molecule has 2 aliphatic rings. The van der Waals surface area contributed by atoms with E-state index in [0.29, 0.717) is 0 Å². The molecule has 0 unspecified atom stereocenters. The van der Waals surface area contributed by atoms with Gasteiger partial charge in [-0.15, -0.1) is 0 Å². The van der Waals surface area contributed by atoms with Crippen molar-refractivity contribution in [3.63, 3.8) is 0 Å². The van der Waals surface area contributed by atoms with Gasteiger partial charge >= 0.3 is 0 Å². The van der Waals surface area contributed by atoms with Gasteiger partial charge in [0.2, 0.25) is 0 Å². The zero-order valence-corrected chi connectivity index (χ0v) is 37.4. The first-order chi connectivity index (χ1) is 30.6. The first-order valence-electron chi connectivity index (χ1n) is 23.0. The van der Waals surface area contributed by atoms with Crippen molar-refractivity contribution < 1.29 is 0 Å². The first kappa shape index (κ1) is 39.3. The van der Waals surface area contributed by atoms with Gasteiger partial charge in [-0.25, -0.2) is 0 Å². The van der Waals surface area contributed by atoms with E-state index >= 15 is 0 Å². The van der Waals surface area contributed by atoms with Gasteiger partial charge in [0.1, 0.15) is 0 Å². The smallest absolute Gasteiger partial charge is 0.197 e. The Kier molecular flexibility index (Phi) is 9.39. The van der Waals surface area contributed by atoms with Crippen molar-refractivity contribution in [3.05, 3.63) is 186 Å². The summed E-state index contributed by atoms with van der Waals surface area (Å²) in [5, 5.41) is 6.48. The SMILES string of the molecule is CCCCCc1ccc(Nc2ccccc2-c2cc(-c3ccccc3-c3ccccc3)c3c4cc(C(C)(C)C)ccc4n4c3c2[B]c2cc3c(cc2-4)-c2ccccc2C3(C)C)cc1.